The molecular weight excluding hydrogens is 146 g/mol. The van der Waals surface area contributed by atoms with Crippen molar-refractivity contribution in [2.24, 2.45) is 11.3 Å². The standard InChI is InChI=1S/C11H21N/c1-8-9(2)11(4,5)10(3)12(6)7/h8-9H,1,3H2,2,4-7H3. The highest BCUT2D eigenvalue weighted by Crippen LogP contribution is 2.35. The van der Waals surface area contributed by atoms with E-state index in [1.165, 1.54) is 0 Å². The topological polar surface area (TPSA) is 3.24 Å². The molecule has 1 unspecified atom stereocenters. The summed E-state index contributed by atoms with van der Waals surface area (Å²) in [6, 6.07) is 0. The molecule has 0 radical (unpaired) electrons. The Balaban J connectivity index is 4.60. The maximum Gasteiger partial charge on any atom is 0.0118 e. The lowest BCUT2D eigenvalue weighted by Gasteiger charge is -2.36. The van der Waals surface area contributed by atoms with Crippen LogP contribution in [0.1, 0.15) is 20.8 Å². The first kappa shape index (κ1) is 11.3. The molecule has 0 saturated heterocycles. The summed E-state index contributed by atoms with van der Waals surface area (Å²) in [5.74, 6) is 0.451. The van der Waals surface area contributed by atoms with Gasteiger partial charge >= 0.3 is 0 Å². The van der Waals surface area contributed by atoms with E-state index in [-0.39, 0.29) is 5.41 Å². The summed E-state index contributed by atoms with van der Waals surface area (Å²) in [6.07, 6.45) is 1.98. The van der Waals surface area contributed by atoms with Gasteiger partial charge in [0.1, 0.15) is 0 Å². The Labute approximate surface area is 76.8 Å². The van der Waals surface area contributed by atoms with Crippen LogP contribution in [0.4, 0.5) is 0 Å². The summed E-state index contributed by atoms with van der Waals surface area (Å²) < 4.78 is 0. The fraction of sp³-hybridized carbons (Fsp3) is 0.636. The van der Waals surface area contributed by atoms with Crippen LogP contribution in [0, 0.1) is 11.3 Å². The molecule has 0 heterocycles. The van der Waals surface area contributed by atoms with Crippen molar-refractivity contribution >= 4 is 0 Å². The molecule has 12 heavy (non-hydrogen) atoms. The van der Waals surface area contributed by atoms with Gasteiger partial charge in [-0.05, 0) is 5.92 Å². The molecule has 1 heteroatoms. The maximum absolute atomic E-state index is 4.07. The van der Waals surface area contributed by atoms with Crippen molar-refractivity contribution in [3.63, 3.8) is 0 Å². The van der Waals surface area contributed by atoms with E-state index in [4.69, 9.17) is 0 Å². The van der Waals surface area contributed by atoms with E-state index in [0.717, 1.165) is 5.70 Å². The van der Waals surface area contributed by atoms with Gasteiger partial charge in [0.25, 0.3) is 0 Å². The lowest BCUT2D eigenvalue weighted by molar-refractivity contribution is 0.267. The van der Waals surface area contributed by atoms with Crippen molar-refractivity contribution in [1.82, 2.24) is 4.90 Å². The minimum absolute atomic E-state index is 0.102. The molecule has 0 aromatic rings. The molecule has 0 aliphatic carbocycles. The normalized spacial score (nSPS) is 13.8. The minimum atomic E-state index is 0.102. The van der Waals surface area contributed by atoms with E-state index in [1.54, 1.807) is 0 Å². The number of nitrogens with zero attached hydrogens (tertiary/aromatic N) is 1. The van der Waals surface area contributed by atoms with Crippen molar-refractivity contribution < 1.29 is 0 Å². The van der Waals surface area contributed by atoms with Crippen LogP contribution in [-0.4, -0.2) is 19.0 Å². The predicted molar refractivity (Wildman–Crippen MR) is 56.0 cm³/mol. The van der Waals surface area contributed by atoms with E-state index < -0.39 is 0 Å². The van der Waals surface area contributed by atoms with Gasteiger partial charge in [0, 0.05) is 25.2 Å². The maximum atomic E-state index is 4.07. The van der Waals surface area contributed by atoms with Crippen molar-refractivity contribution in [3.05, 3.63) is 24.9 Å². The molecule has 0 N–H and O–H groups in total. The monoisotopic (exact) mass is 167 g/mol. The lowest BCUT2D eigenvalue weighted by Crippen LogP contribution is -2.30. The number of rotatable bonds is 4. The molecule has 1 nitrogen and oxygen atoms in total. The van der Waals surface area contributed by atoms with Gasteiger partial charge in [0.05, 0.1) is 0 Å². The van der Waals surface area contributed by atoms with Crippen LogP contribution < -0.4 is 0 Å². The van der Waals surface area contributed by atoms with Gasteiger partial charge in [-0.3, -0.25) is 0 Å². The third-order valence-electron chi connectivity index (χ3n) is 2.78. The first-order chi connectivity index (χ1) is 5.34. The van der Waals surface area contributed by atoms with Gasteiger partial charge < -0.3 is 4.90 Å². The Morgan fingerprint density at radius 3 is 2.08 bits per heavy atom. The average Bonchev–Trinajstić information content (AvgIpc) is 2.01. The minimum Gasteiger partial charge on any atom is -0.381 e. The van der Waals surface area contributed by atoms with Crippen LogP contribution in [0.25, 0.3) is 0 Å². The molecule has 0 saturated carbocycles. The molecule has 0 spiro atoms. The van der Waals surface area contributed by atoms with E-state index >= 15 is 0 Å². The van der Waals surface area contributed by atoms with Crippen LogP contribution in [0.15, 0.2) is 24.9 Å². The molecular formula is C11H21N. The predicted octanol–water partition coefficient (Wildman–Crippen LogP) is 2.91. The first-order valence-electron chi connectivity index (χ1n) is 4.33. The fourth-order valence-corrected chi connectivity index (χ4v) is 1.13. The summed E-state index contributed by atoms with van der Waals surface area (Å²) in [5.41, 5.74) is 1.25. The van der Waals surface area contributed by atoms with Crippen LogP contribution in [0.5, 0.6) is 0 Å². The van der Waals surface area contributed by atoms with E-state index in [2.05, 4.69) is 38.8 Å². The summed E-state index contributed by atoms with van der Waals surface area (Å²) in [7, 11) is 4.06. The summed E-state index contributed by atoms with van der Waals surface area (Å²) >= 11 is 0. The second-order valence-electron chi connectivity index (χ2n) is 4.09. The Bertz CT molecular complexity index is 177. The summed E-state index contributed by atoms with van der Waals surface area (Å²) in [6.45, 7) is 14.4. The van der Waals surface area contributed by atoms with Gasteiger partial charge in [0.2, 0.25) is 0 Å². The quantitative estimate of drug-likeness (QED) is 0.582. The Morgan fingerprint density at radius 1 is 1.42 bits per heavy atom. The Hall–Kier alpha value is -0.720. The molecule has 1 atom stereocenters. The third kappa shape index (κ3) is 2.13. The van der Waals surface area contributed by atoms with Crippen LogP contribution in [0.3, 0.4) is 0 Å². The summed E-state index contributed by atoms with van der Waals surface area (Å²) in [5, 5.41) is 0. The second-order valence-corrected chi connectivity index (χ2v) is 4.09. The van der Waals surface area contributed by atoms with Crippen molar-refractivity contribution in [2.75, 3.05) is 14.1 Å². The molecule has 0 bridgehead atoms. The molecule has 0 fully saturated rings. The van der Waals surface area contributed by atoms with Crippen LogP contribution in [-0.2, 0) is 0 Å². The second kappa shape index (κ2) is 3.79. The Morgan fingerprint density at radius 2 is 1.83 bits per heavy atom. The molecule has 0 aliphatic heterocycles. The summed E-state index contributed by atoms with van der Waals surface area (Å²) in [4.78, 5) is 2.07. The van der Waals surface area contributed by atoms with Crippen molar-refractivity contribution in [3.8, 4) is 0 Å². The molecule has 0 rings (SSSR count). The van der Waals surface area contributed by atoms with Gasteiger partial charge in [-0.15, -0.1) is 6.58 Å². The molecule has 70 valence electrons. The largest absolute Gasteiger partial charge is 0.381 e. The first-order valence-corrected chi connectivity index (χ1v) is 4.33. The van der Waals surface area contributed by atoms with Crippen LogP contribution >= 0.6 is 0 Å². The highest BCUT2D eigenvalue weighted by atomic mass is 15.1. The molecule has 0 amide bonds. The zero-order valence-corrected chi connectivity index (χ0v) is 9.02. The van der Waals surface area contributed by atoms with E-state index in [1.807, 2.05) is 20.2 Å². The average molecular weight is 167 g/mol. The fourth-order valence-electron chi connectivity index (χ4n) is 1.13. The van der Waals surface area contributed by atoms with Gasteiger partial charge in [0.15, 0.2) is 0 Å². The lowest BCUT2D eigenvalue weighted by atomic mass is 9.77. The molecule has 0 aromatic heterocycles. The molecule has 0 aliphatic rings. The Kier molecular flexibility index (Phi) is 3.56. The number of hydrogen-bond donors (Lipinski definition) is 0. The van der Waals surface area contributed by atoms with Crippen molar-refractivity contribution in [2.45, 2.75) is 20.8 Å². The van der Waals surface area contributed by atoms with Crippen LogP contribution in [0.2, 0.25) is 0 Å². The van der Waals surface area contributed by atoms with Gasteiger partial charge in [-0.1, -0.05) is 33.4 Å². The zero-order chi connectivity index (χ0) is 9.94. The van der Waals surface area contributed by atoms with Gasteiger partial charge in [-0.2, -0.15) is 0 Å². The van der Waals surface area contributed by atoms with E-state index in [0.29, 0.717) is 5.92 Å². The zero-order valence-electron chi connectivity index (χ0n) is 9.02. The highest BCUT2D eigenvalue weighted by molar-refractivity contribution is 5.09. The highest BCUT2D eigenvalue weighted by Gasteiger charge is 2.27. The SMILES string of the molecule is C=CC(C)C(C)(C)C(=C)N(C)C. The van der Waals surface area contributed by atoms with Crippen molar-refractivity contribution in [1.29, 1.82) is 0 Å². The smallest absolute Gasteiger partial charge is 0.0118 e. The molecule has 0 aromatic carbocycles. The number of hydrogen-bond acceptors (Lipinski definition) is 1. The third-order valence-corrected chi connectivity index (χ3v) is 2.78. The number of allylic oxidation sites excluding steroid dienone is 2. The van der Waals surface area contributed by atoms with E-state index in [9.17, 15) is 0 Å². The van der Waals surface area contributed by atoms with Gasteiger partial charge in [-0.25, -0.2) is 0 Å².